The summed E-state index contributed by atoms with van der Waals surface area (Å²) in [6, 6.07) is 1.43. The number of pyridine rings is 1. The third kappa shape index (κ3) is 4.76. The lowest BCUT2D eigenvalue weighted by molar-refractivity contribution is 0.0939. The standard InChI is InChI=1S/C17H24N2O4/c1-2-3-9-23-10-5-8-18-16(21)13-11-12-14(19-17(13)22)6-4-7-15(12)20/h11H,2-10H2,1H3,(H,18,21)(H,19,22). The molecule has 0 saturated heterocycles. The van der Waals surface area contributed by atoms with E-state index in [9.17, 15) is 14.4 Å². The number of carbonyl (C=O) groups excluding carboxylic acids is 2. The Hall–Kier alpha value is -1.95. The van der Waals surface area contributed by atoms with Crippen LogP contribution in [0.25, 0.3) is 0 Å². The van der Waals surface area contributed by atoms with E-state index in [4.69, 9.17) is 4.74 Å². The Labute approximate surface area is 135 Å². The molecular formula is C17H24N2O4. The second-order valence-corrected chi connectivity index (χ2v) is 5.76. The summed E-state index contributed by atoms with van der Waals surface area (Å²) in [5.41, 5.74) is 0.692. The zero-order valence-electron chi connectivity index (χ0n) is 13.6. The van der Waals surface area contributed by atoms with Gasteiger partial charge in [0.25, 0.3) is 11.5 Å². The van der Waals surface area contributed by atoms with Crippen molar-refractivity contribution in [3.05, 3.63) is 33.2 Å². The smallest absolute Gasteiger partial charge is 0.261 e. The van der Waals surface area contributed by atoms with Crippen LogP contribution in [-0.4, -0.2) is 36.4 Å². The fourth-order valence-electron chi connectivity index (χ4n) is 2.56. The third-order valence-electron chi connectivity index (χ3n) is 3.89. The molecule has 1 aromatic heterocycles. The van der Waals surface area contributed by atoms with Crippen LogP contribution < -0.4 is 10.9 Å². The molecule has 0 spiro atoms. The summed E-state index contributed by atoms with van der Waals surface area (Å²) >= 11 is 0. The summed E-state index contributed by atoms with van der Waals surface area (Å²) in [6.07, 6.45) is 4.70. The SMILES string of the molecule is CCCCOCCCNC(=O)c1cc2c([nH]c1=O)CCCC2=O. The number of ketones is 1. The highest BCUT2D eigenvalue weighted by atomic mass is 16.5. The maximum atomic E-state index is 12.1. The molecular weight excluding hydrogens is 296 g/mol. The van der Waals surface area contributed by atoms with Gasteiger partial charge in [-0.25, -0.2) is 0 Å². The molecule has 0 unspecified atom stereocenters. The molecule has 6 nitrogen and oxygen atoms in total. The van der Waals surface area contributed by atoms with E-state index in [1.54, 1.807) is 0 Å². The number of carbonyl (C=O) groups is 2. The van der Waals surface area contributed by atoms with Gasteiger partial charge in [-0.15, -0.1) is 0 Å². The fourth-order valence-corrected chi connectivity index (χ4v) is 2.56. The monoisotopic (exact) mass is 320 g/mol. The van der Waals surface area contributed by atoms with Gasteiger partial charge in [0.05, 0.1) is 0 Å². The Morgan fingerprint density at radius 2 is 2.04 bits per heavy atom. The number of ether oxygens (including phenoxy) is 1. The molecule has 23 heavy (non-hydrogen) atoms. The number of amides is 1. The second kappa shape index (κ2) is 8.62. The lowest BCUT2D eigenvalue weighted by Crippen LogP contribution is -2.32. The van der Waals surface area contributed by atoms with Gasteiger partial charge in [0.1, 0.15) is 5.56 Å². The van der Waals surface area contributed by atoms with Crippen molar-refractivity contribution in [2.75, 3.05) is 19.8 Å². The van der Waals surface area contributed by atoms with E-state index in [1.807, 2.05) is 0 Å². The van der Waals surface area contributed by atoms with Crippen molar-refractivity contribution < 1.29 is 14.3 Å². The van der Waals surface area contributed by atoms with Gasteiger partial charge in [-0.3, -0.25) is 14.4 Å². The zero-order valence-corrected chi connectivity index (χ0v) is 13.6. The molecule has 2 rings (SSSR count). The summed E-state index contributed by atoms with van der Waals surface area (Å²) in [7, 11) is 0. The Balaban J connectivity index is 1.89. The van der Waals surface area contributed by atoms with Crippen molar-refractivity contribution in [3.8, 4) is 0 Å². The van der Waals surface area contributed by atoms with Crippen molar-refractivity contribution in [2.45, 2.75) is 45.4 Å². The van der Waals surface area contributed by atoms with Gasteiger partial charge < -0.3 is 15.0 Å². The Morgan fingerprint density at radius 1 is 1.26 bits per heavy atom. The number of H-pyrrole nitrogens is 1. The first-order chi connectivity index (χ1) is 11.1. The van der Waals surface area contributed by atoms with E-state index >= 15 is 0 Å². The molecule has 1 aliphatic carbocycles. The number of hydrogen-bond donors (Lipinski definition) is 2. The molecule has 0 saturated carbocycles. The van der Waals surface area contributed by atoms with Crippen LogP contribution in [0.4, 0.5) is 0 Å². The Morgan fingerprint density at radius 3 is 2.83 bits per heavy atom. The van der Waals surface area contributed by atoms with Crippen molar-refractivity contribution in [1.82, 2.24) is 10.3 Å². The number of aryl methyl sites for hydroxylation is 1. The first-order valence-corrected chi connectivity index (χ1v) is 8.28. The van der Waals surface area contributed by atoms with Gasteiger partial charge >= 0.3 is 0 Å². The Bertz CT molecular complexity index is 622. The predicted molar refractivity (Wildman–Crippen MR) is 87.0 cm³/mol. The van der Waals surface area contributed by atoms with E-state index in [2.05, 4.69) is 17.2 Å². The lowest BCUT2D eigenvalue weighted by atomic mass is 9.93. The highest BCUT2D eigenvalue weighted by Gasteiger charge is 2.21. The number of unbranched alkanes of at least 4 members (excludes halogenated alkanes) is 1. The summed E-state index contributed by atoms with van der Waals surface area (Å²) in [5.74, 6) is -0.457. The minimum absolute atomic E-state index is 0.00546. The van der Waals surface area contributed by atoms with Crippen LogP contribution in [0.2, 0.25) is 0 Å². The molecule has 6 heteroatoms. The van der Waals surface area contributed by atoms with Gasteiger partial charge in [-0.05, 0) is 31.7 Å². The molecule has 0 radical (unpaired) electrons. The van der Waals surface area contributed by atoms with Gasteiger partial charge in [-0.2, -0.15) is 0 Å². The highest BCUT2D eigenvalue weighted by molar-refractivity contribution is 6.01. The molecule has 1 aromatic rings. The summed E-state index contributed by atoms with van der Waals surface area (Å²) in [6.45, 7) is 3.86. The molecule has 126 valence electrons. The first-order valence-electron chi connectivity index (χ1n) is 8.28. The average Bonchev–Trinajstić information content (AvgIpc) is 2.53. The average molecular weight is 320 g/mol. The number of Topliss-reactive ketones (excluding diaryl/α,β-unsaturated/α-hetero) is 1. The normalized spacial score (nSPS) is 13.7. The van der Waals surface area contributed by atoms with E-state index in [-0.39, 0.29) is 11.3 Å². The molecule has 1 heterocycles. The minimum Gasteiger partial charge on any atom is -0.381 e. The van der Waals surface area contributed by atoms with Crippen molar-refractivity contribution in [2.24, 2.45) is 0 Å². The summed E-state index contributed by atoms with van der Waals surface area (Å²) < 4.78 is 5.41. The van der Waals surface area contributed by atoms with Crippen molar-refractivity contribution >= 4 is 11.7 Å². The van der Waals surface area contributed by atoms with Gasteiger partial charge in [0.15, 0.2) is 5.78 Å². The number of rotatable bonds is 8. The number of fused-ring (bicyclic) bond motifs is 1. The van der Waals surface area contributed by atoms with Crippen LogP contribution in [0.1, 0.15) is 65.4 Å². The zero-order chi connectivity index (χ0) is 16.7. The van der Waals surface area contributed by atoms with E-state index < -0.39 is 11.5 Å². The topological polar surface area (TPSA) is 88.3 Å². The van der Waals surface area contributed by atoms with Gasteiger partial charge in [0.2, 0.25) is 0 Å². The van der Waals surface area contributed by atoms with E-state index in [0.717, 1.165) is 25.9 Å². The molecule has 0 aliphatic heterocycles. The summed E-state index contributed by atoms with van der Waals surface area (Å²) in [4.78, 5) is 38.7. The molecule has 0 atom stereocenters. The van der Waals surface area contributed by atoms with Gasteiger partial charge in [0, 0.05) is 37.4 Å². The van der Waals surface area contributed by atoms with E-state index in [0.29, 0.717) is 43.7 Å². The molecule has 0 aromatic carbocycles. The quantitative estimate of drug-likeness (QED) is 0.715. The van der Waals surface area contributed by atoms with E-state index in [1.165, 1.54) is 6.07 Å². The molecule has 1 amide bonds. The van der Waals surface area contributed by atoms with Crippen LogP contribution in [0.15, 0.2) is 10.9 Å². The molecule has 0 bridgehead atoms. The van der Waals surface area contributed by atoms with Crippen LogP contribution in [0, 0.1) is 0 Å². The number of aromatic nitrogens is 1. The predicted octanol–water partition coefficient (Wildman–Crippen LogP) is 1.83. The molecule has 0 fully saturated rings. The Kier molecular flexibility index (Phi) is 6.52. The van der Waals surface area contributed by atoms with Crippen LogP contribution in [-0.2, 0) is 11.2 Å². The highest BCUT2D eigenvalue weighted by Crippen LogP contribution is 2.18. The van der Waals surface area contributed by atoms with Crippen LogP contribution in [0.3, 0.4) is 0 Å². The number of aromatic amines is 1. The maximum absolute atomic E-state index is 12.1. The van der Waals surface area contributed by atoms with Crippen molar-refractivity contribution in [1.29, 1.82) is 0 Å². The fraction of sp³-hybridized carbons (Fsp3) is 0.588. The van der Waals surface area contributed by atoms with Gasteiger partial charge in [-0.1, -0.05) is 13.3 Å². The maximum Gasteiger partial charge on any atom is 0.261 e. The van der Waals surface area contributed by atoms with Crippen molar-refractivity contribution in [3.63, 3.8) is 0 Å². The second-order valence-electron chi connectivity index (χ2n) is 5.76. The molecule has 1 aliphatic rings. The lowest BCUT2D eigenvalue weighted by Gasteiger charge is -2.15. The summed E-state index contributed by atoms with van der Waals surface area (Å²) in [5, 5.41) is 2.70. The minimum atomic E-state index is -0.444. The van der Waals surface area contributed by atoms with Crippen LogP contribution >= 0.6 is 0 Å². The molecule has 2 N–H and O–H groups in total. The number of hydrogen-bond acceptors (Lipinski definition) is 4. The van der Waals surface area contributed by atoms with Crippen LogP contribution in [0.5, 0.6) is 0 Å². The number of nitrogens with one attached hydrogen (secondary N) is 2. The third-order valence-corrected chi connectivity index (χ3v) is 3.89. The first kappa shape index (κ1) is 17.4. The largest absolute Gasteiger partial charge is 0.381 e.